The van der Waals surface area contributed by atoms with E-state index in [-0.39, 0.29) is 28.8 Å². The number of phenols is 1. The number of rotatable bonds is 5. The smallest absolute Gasteiger partial charge is 0.264 e. The Balaban J connectivity index is 2.53. The molecule has 1 N–H and O–H groups in total. The minimum absolute atomic E-state index is 0.0159. The second-order valence-corrected chi connectivity index (χ2v) is 7.23. The Hall–Kier alpha value is -2.08. The van der Waals surface area contributed by atoms with E-state index in [9.17, 15) is 17.9 Å². The average molecular weight is 323 g/mol. The Kier molecular flexibility index (Phi) is 4.71. The lowest BCUT2D eigenvalue weighted by molar-refractivity contribution is 0.474. The fourth-order valence-corrected chi connectivity index (χ4v) is 3.71. The molecule has 22 heavy (non-hydrogen) atoms. The highest BCUT2D eigenvalue weighted by atomic mass is 32.2. The minimum Gasteiger partial charge on any atom is -0.506 e. The predicted molar refractivity (Wildman–Crippen MR) is 83.9 cm³/mol. The van der Waals surface area contributed by atoms with Gasteiger partial charge in [0.2, 0.25) is 0 Å². The molecule has 0 saturated carbocycles. The lowest BCUT2D eigenvalue weighted by Gasteiger charge is -2.26. The van der Waals surface area contributed by atoms with Crippen molar-refractivity contribution in [2.75, 3.05) is 10.8 Å². The van der Waals surface area contributed by atoms with Crippen molar-refractivity contribution in [3.63, 3.8) is 0 Å². The number of aromatic hydroxyl groups is 1. The minimum atomic E-state index is -3.88. The topological polar surface area (TPSA) is 57.6 Å². The van der Waals surface area contributed by atoms with Crippen molar-refractivity contribution >= 4 is 15.7 Å². The van der Waals surface area contributed by atoms with Crippen LogP contribution < -0.4 is 4.31 Å². The van der Waals surface area contributed by atoms with Gasteiger partial charge in [-0.2, -0.15) is 0 Å². The maximum atomic E-state index is 13.0. The monoisotopic (exact) mass is 323 g/mol. The lowest BCUT2D eigenvalue weighted by atomic mass is 10.2. The van der Waals surface area contributed by atoms with Gasteiger partial charge in [-0.15, -0.1) is 0 Å². The van der Waals surface area contributed by atoms with Crippen LogP contribution in [0.2, 0.25) is 0 Å². The summed E-state index contributed by atoms with van der Waals surface area (Å²) in [7, 11) is -3.88. The molecule has 0 aromatic heterocycles. The van der Waals surface area contributed by atoms with E-state index in [4.69, 9.17) is 0 Å². The quantitative estimate of drug-likeness (QED) is 0.917. The van der Waals surface area contributed by atoms with E-state index in [0.29, 0.717) is 0 Å². The molecule has 2 aromatic rings. The number of hydrogen-bond acceptors (Lipinski definition) is 3. The highest BCUT2D eigenvalue weighted by Gasteiger charge is 2.27. The molecule has 0 unspecified atom stereocenters. The van der Waals surface area contributed by atoms with Gasteiger partial charge in [0.25, 0.3) is 10.0 Å². The Morgan fingerprint density at radius 1 is 1.09 bits per heavy atom. The van der Waals surface area contributed by atoms with E-state index in [1.165, 1.54) is 18.2 Å². The van der Waals surface area contributed by atoms with Crippen molar-refractivity contribution in [2.45, 2.75) is 18.7 Å². The second-order valence-electron chi connectivity index (χ2n) is 5.37. The Labute approximate surface area is 129 Å². The third kappa shape index (κ3) is 3.39. The number of phenolic OH excluding ortho intramolecular Hbond substituents is 1. The van der Waals surface area contributed by atoms with Crippen molar-refractivity contribution in [3.8, 4) is 5.75 Å². The molecule has 0 spiro atoms. The van der Waals surface area contributed by atoms with Crippen LogP contribution >= 0.6 is 0 Å². The van der Waals surface area contributed by atoms with E-state index < -0.39 is 15.8 Å². The first-order valence-electron chi connectivity index (χ1n) is 6.88. The zero-order valence-electron chi connectivity index (χ0n) is 12.4. The molecule has 0 aliphatic rings. The number of nitrogens with zero attached hydrogens (tertiary/aromatic N) is 1. The molecule has 0 saturated heterocycles. The Bertz CT molecular complexity index is 742. The van der Waals surface area contributed by atoms with Gasteiger partial charge in [0.15, 0.2) is 0 Å². The number of hydrogen-bond donors (Lipinski definition) is 1. The molecule has 0 amide bonds. The predicted octanol–water partition coefficient (Wildman–Crippen LogP) is 3.38. The van der Waals surface area contributed by atoms with Crippen molar-refractivity contribution in [2.24, 2.45) is 5.92 Å². The molecule has 0 radical (unpaired) electrons. The normalized spacial score (nSPS) is 11.6. The van der Waals surface area contributed by atoms with Crippen LogP contribution in [0.5, 0.6) is 5.75 Å². The number of para-hydroxylation sites is 2. The second kappa shape index (κ2) is 6.36. The first-order chi connectivity index (χ1) is 10.3. The van der Waals surface area contributed by atoms with Crippen LogP contribution in [-0.4, -0.2) is 20.1 Å². The molecule has 118 valence electrons. The summed E-state index contributed by atoms with van der Waals surface area (Å²) in [5, 5.41) is 9.98. The molecular formula is C16H18FNO3S. The zero-order valence-corrected chi connectivity index (χ0v) is 13.2. The van der Waals surface area contributed by atoms with E-state index in [1.807, 2.05) is 13.8 Å². The van der Waals surface area contributed by atoms with Crippen LogP contribution in [0.4, 0.5) is 10.1 Å². The summed E-state index contributed by atoms with van der Waals surface area (Å²) in [6.07, 6.45) is 0. The standard InChI is InChI=1S/C16H18FNO3S/c1-12(2)11-18(15-5-3-4-6-16(15)19)22(20,21)14-9-7-13(17)8-10-14/h3-10,12,19H,11H2,1-2H3. The third-order valence-electron chi connectivity index (χ3n) is 3.08. The van der Waals surface area contributed by atoms with Gasteiger partial charge < -0.3 is 5.11 Å². The van der Waals surface area contributed by atoms with E-state index in [2.05, 4.69) is 0 Å². The van der Waals surface area contributed by atoms with Crippen molar-refractivity contribution in [1.29, 1.82) is 0 Å². The fraction of sp³-hybridized carbons (Fsp3) is 0.250. The van der Waals surface area contributed by atoms with E-state index in [0.717, 1.165) is 16.4 Å². The number of sulfonamides is 1. The van der Waals surface area contributed by atoms with Gasteiger partial charge in [-0.1, -0.05) is 26.0 Å². The number of anilines is 1. The molecule has 0 aliphatic heterocycles. The lowest BCUT2D eigenvalue weighted by Crippen LogP contribution is -2.34. The van der Waals surface area contributed by atoms with Gasteiger partial charge in [0, 0.05) is 6.54 Å². The van der Waals surface area contributed by atoms with Gasteiger partial charge in [-0.3, -0.25) is 4.31 Å². The molecule has 2 rings (SSSR count). The maximum Gasteiger partial charge on any atom is 0.264 e. The molecule has 0 heterocycles. The molecule has 2 aromatic carbocycles. The summed E-state index contributed by atoms with van der Waals surface area (Å²) in [4.78, 5) is -0.0159. The van der Waals surface area contributed by atoms with Crippen LogP contribution in [0.25, 0.3) is 0 Å². The first-order valence-corrected chi connectivity index (χ1v) is 8.32. The SMILES string of the molecule is CC(C)CN(c1ccccc1O)S(=O)(=O)c1ccc(F)cc1. The number of benzene rings is 2. The van der Waals surface area contributed by atoms with Crippen molar-refractivity contribution < 1.29 is 17.9 Å². The Morgan fingerprint density at radius 2 is 1.68 bits per heavy atom. The summed E-state index contributed by atoms with van der Waals surface area (Å²) < 4.78 is 39.8. The van der Waals surface area contributed by atoms with E-state index in [1.54, 1.807) is 18.2 Å². The van der Waals surface area contributed by atoms with Gasteiger partial charge >= 0.3 is 0 Å². The molecule has 6 heteroatoms. The average Bonchev–Trinajstić information content (AvgIpc) is 2.46. The van der Waals surface area contributed by atoms with Crippen LogP contribution in [-0.2, 0) is 10.0 Å². The molecular weight excluding hydrogens is 305 g/mol. The third-order valence-corrected chi connectivity index (χ3v) is 4.88. The largest absolute Gasteiger partial charge is 0.506 e. The summed E-state index contributed by atoms with van der Waals surface area (Å²) >= 11 is 0. The molecule has 0 fully saturated rings. The van der Waals surface area contributed by atoms with E-state index >= 15 is 0 Å². The summed E-state index contributed by atoms with van der Waals surface area (Å²) in [6.45, 7) is 3.97. The molecule has 0 bridgehead atoms. The summed E-state index contributed by atoms with van der Waals surface area (Å²) in [6, 6.07) is 10.9. The van der Waals surface area contributed by atoms with Crippen LogP contribution in [0.3, 0.4) is 0 Å². The summed E-state index contributed by atoms with van der Waals surface area (Å²) in [5.41, 5.74) is 0.209. The van der Waals surface area contributed by atoms with Crippen LogP contribution in [0.15, 0.2) is 53.4 Å². The van der Waals surface area contributed by atoms with Crippen LogP contribution in [0.1, 0.15) is 13.8 Å². The Morgan fingerprint density at radius 3 is 2.23 bits per heavy atom. The number of halogens is 1. The van der Waals surface area contributed by atoms with Gasteiger partial charge in [-0.25, -0.2) is 12.8 Å². The van der Waals surface area contributed by atoms with Crippen molar-refractivity contribution in [1.82, 2.24) is 0 Å². The molecule has 0 aliphatic carbocycles. The van der Waals surface area contributed by atoms with Crippen LogP contribution in [0, 0.1) is 11.7 Å². The van der Waals surface area contributed by atoms with Gasteiger partial charge in [0.1, 0.15) is 11.6 Å². The maximum absolute atomic E-state index is 13.0. The van der Waals surface area contributed by atoms with Gasteiger partial charge in [-0.05, 0) is 42.3 Å². The zero-order chi connectivity index (χ0) is 16.3. The fourth-order valence-electron chi connectivity index (χ4n) is 2.07. The highest BCUT2D eigenvalue weighted by Crippen LogP contribution is 2.32. The summed E-state index contributed by atoms with van der Waals surface area (Å²) in [5.74, 6) is -0.569. The highest BCUT2D eigenvalue weighted by molar-refractivity contribution is 7.92. The molecule has 0 atom stereocenters. The first kappa shape index (κ1) is 16.3. The van der Waals surface area contributed by atoms with Gasteiger partial charge in [0.05, 0.1) is 10.6 Å². The molecule has 4 nitrogen and oxygen atoms in total. The van der Waals surface area contributed by atoms with Crippen molar-refractivity contribution in [3.05, 3.63) is 54.3 Å².